The highest BCUT2D eigenvalue weighted by Crippen LogP contribution is 2.19. The minimum Gasteiger partial charge on any atom is -0.478 e. The number of benzene rings is 1. The number of urea groups is 1. The molecule has 1 aromatic carbocycles. The molecule has 0 saturated carbocycles. The summed E-state index contributed by atoms with van der Waals surface area (Å²) < 4.78 is 18.6. The molecule has 0 spiro atoms. The van der Waals surface area contributed by atoms with Gasteiger partial charge in [0.1, 0.15) is 11.4 Å². The number of anilines is 1. The SMILES string of the molecule is O=C(NCC1CCOC1)Nc1cccc(F)c1C(=O)O. The fraction of sp³-hybridized carbons (Fsp3) is 0.385. The summed E-state index contributed by atoms with van der Waals surface area (Å²) in [5.41, 5.74) is -0.621. The second-order valence-corrected chi connectivity index (χ2v) is 4.53. The fourth-order valence-corrected chi connectivity index (χ4v) is 1.99. The normalized spacial score (nSPS) is 17.8. The van der Waals surface area contributed by atoms with E-state index in [4.69, 9.17) is 9.84 Å². The van der Waals surface area contributed by atoms with Gasteiger partial charge in [-0.25, -0.2) is 14.0 Å². The Morgan fingerprint density at radius 1 is 1.45 bits per heavy atom. The van der Waals surface area contributed by atoms with Crippen LogP contribution in [0.2, 0.25) is 0 Å². The Labute approximate surface area is 114 Å². The number of rotatable bonds is 4. The Kier molecular flexibility index (Phi) is 4.52. The number of hydrogen-bond donors (Lipinski definition) is 3. The third-order valence-electron chi connectivity index (χ3n) is 3.05. The van der Waals surface area contributed by atoms with Crippen LogP contribution in [0.4, 0.5) is 14.9 Å². The van der Waals surface area contributed by atoms with Gasteiger partial charge in [-0.15, -0.1) is 0 Å². The number of amides is 2. The molecule has 0 aromatic heterocycles. The van der Waals surface area contributed by atoms with Crippen LogP contribution in [0.3, 0.4) is 0 Å². The van der Waals surface area contributed by atoms with Gasteiger partial charge in [-0.1, -0.05) is 6.07 Å². The third kappa shape index (κ3) is 3.45. The molecule has 2 amide bonds. The van der Waals surface area contributed by atoms with Gasteiger partial charge in [-0.05, 0) is 18.6 Å². The van der Waals surface area contributed by atoms with E-state index in [2.05, 4.69) is 10.6 Å². The smallest absolute Gasteiger partial charge is 0.340 e. The van der Waals surface area contributed by atoms with E-state index >= 15 is 0 Å². The maximum atomic E-state index is 13.4. The van der Waals surface area contributed by atoms with Crippen LogP contribution >= 0.6 is 0 Å². The first-order chi connectivity index (χ1) is 9.58. The maximum absolute atomic E-state index is 13.4. The molecular formula is C13H15FN2O4. The van der Waals surface area contributed by atoms with Gasteiger partial charge in [0.05, 0.1) is 12.3 Å². The lowest BCUT2D eigenvalue weighted by Crippen LogP contribution is -2.33. The quantitative estimate of drug-likeness (QED) is 0.784. The molecule has 6 nitrogen and oxygen atoms in total. The number of carboxylic acids is 1. The van der Waals surface area contributed by atoms with E-state index in [0.29, 0.717) is 19.8 Å². The zero-order chi connectivity index (χ0) is 14.5. The number of carboxylic acid groups (broad SMARTS) is 1. The van der Waals surface area contributed by atoms with Crippen molar-refractivity contribution in [3.05, 3.63) is 29.6 Å². The van der Waals surface area contributed by atoms with Gasteiger partial charge >= 0.3 is 12.0 Å². The lowest BCUT2D eigenvalue weighted by atomic mass is 10.1. The van der Waals surface area contributed by atoms with Crippen molar-refractivity contribution in [3.63, 3.8) is 0 Å². The number of ether oxygens (including phenoxy) is 1. The molecule has 1 aliphatic rings. The molecule has 1 unspecified atom stereocenters. The van der Waals surface area contributed by atoms with Crippen molar-refractivity contribution >= 4 is 17.7 Å². The molecule has 20 heavy (non-hydrogen) atoms. The van der Waals surface area contributed by atoms with E-state index in [1.54, 1.807) is 0 Å². The van der Waals surface area contributed by atoms with Crippen molar-refractivity contribution in [2.24, 2.45) is 5.92 Å². The molecule has 0 radical (unpaired) electrons. The van der Waals surface area contributed by atoms with Crippen LogP contribution in [0.15, 0.2) is 18.2 Å². The molecule has 1 atom stereocenters. The van der Waals surface area contributed by atoms with E-state index in [1.165, 1.54) is 12.1 Å². The average Bonchev–Trinajstić information content (AvgIpc) is 2.89. The molecule has 1 aromatic rings. The zero-order valence-corrected chi connectivity index (χ0v) is 10.7. The molecule has 1 saturated heterocycles. The number of carbonyl (C=O) groups is 2. The first-order valence-corrected chi connectivity index (χ1v) is 6.22. The topological polar surface area (TPSA) is 87.7 Å². The van der Waals surface area contributed by atoms with Crippen LogP contribution in [-0.4, -0.2) is 36.9 Å². The van der Waals surface area contributed by atoms with Gasteiger partial charge in [0.15, 0.2) is 0 Å². The van der Waals surface area contributed by atoms with Crippen molar-refractivity contribution in [3.8, 4) is 0 Å². The summed E-state index contributed by atoms with van der Waals surface area (Å²) in [6.45, 7) is 1.71. The van der Waals surface area contributed by atoms with Gasteiger partial charge < -0.3 is 20.5 Å². The van der Waals surface area contributed by atoms with Crippen molar-refractivity contribution < 1.29 is 23.8 Å². The van der Waals surface area contributed by atoms with Gasteiger partial charge in [0, 0.05) is 19.1 Å². The van der Waals surface area contributed by atoms with Gasteiger partial charge in [-0.2, -0.15) is 0 Å². The Balaban J connectivity index is 1.96. The predicted molar refractivity (Wildman–Crippen MR) is 69.3 cm³/mol. The average molecular weight is 282 g/mol. The van der Waals surface area contributed by atoms with Crippen LogP contribution in [-0.2, 0) is 4.74 Å². The number of nitrogens with one attached hydrogen (secondary N) is 2. The summed E-state index contributed by atoms with van der Waals surface area (Å²) in [7, 11) is 0. The summed E-state index contributed by atoms with van der Waals surface area (Å²) in [4.78, 5) is 22.6. The van der Waals surface area contributed by atoms with E-state index in [0.717, 1.165) is 12.5 Å². The first kappa shape index (κ1) is 14.3. The Bertz CT molecular complexity index is 515. The highest BCUT2D eigenvalue weighted by atomic mass is 19.1. The van der Waals surface area contributed by atoms with Crippen LogP contribution in [0.25, 0.3) is 0 Å². The highest BCUT2D eigenvalue weighted by Gasteiger charge is 2.19. The minimum absolute atomic E-state index is 0.0716. The van der Waals surface area contributed by atoms with Gasteiger partial charge in [-0.3, -0.25) is 0 Å². The lowest BCUT2D eigenvalue weighted by molar-refractivity contribution is 0.0693. The van der Waals surface area contributed by atoms with Crippen molar-refractivity contribution in [1.29, 1.82) is 0 Å². The Hall–Kier alpha value is -2.15. The standard InChI is InChI=1S/C13H15FN2O4/c14-9-2-1-3-10(11(9)12(17)18)16-13(19)15-6-8-4-5-20-7-8/h1-3,8H,4-7H2,(H,17,18)(H2,15,16,19). The van der Waals surface area contributed by atoms with Crippen LogP contribution in [0.5, 0.6) is 0 Å². The summed E-state index contributed by atoms with van der Waals surface area (Å²) in [6, 6.07) is 3.14. The van der Waals surface area contributed by atoms with Crippen LogP contribution in [0, 0.1) is 11.7 Å². The number of aromatic carboxylic acids is 1. The van der Waals surface area contributed by atoms with Gasteiger partial charge in [0.25, 0.3) is 0 Å². The molecule has 2 rings (SSSR count). The molecular weight excluding hydrogens is 267 g/mol. The minimum atomic E-state index is -1.43. The van der Waals surface area contributed by atoms with E-state index in [9.17, 15) is 14.0 Å². The number of halogens is 1. The van der Waals surface area contributed by atoms with Crippen molar-refractivity contribution in [2.45, 2.75) is 6.42 Å². The third-order valence-corrected chi connectivity index (χ3v) is 3.05. The summed E-state index contributed by atoms with van der Waals surface area (Å²) in [6.07, 6.45) is 0.876. The summed E-state index contributed by atoms with van der Waals surface area (Å²) >= 11 is 0. The largest absolute Gasteiger partial charge is 0.478 e. The zero-order valence-electron chi connectivity index (χ0n) is 10.7. The first-order valence-electron chi connectivity index (χ1n) is 6.22. The molecule has 1 heterocycles. The molecule has 1 aliphatic heterocycles. The predicted octanol–water partition coefficient (Wildman–Crippen LogP) is 1.68. The molecule has 1 fully saturated rings. The highest BCUT2D eigenvalue weighted by molar-refractivity contribution is 6.00. The summed E-state index contributed by atoms with van der Waals surface area (Å²) in [5, 5.41) is 13.9. The van der Waals surface area contributed by atoms with E-state index in [1.807, 2.05) is 0 Å². The van der Waals surface area contributed by atoms with Gasteiger partial charge in [0.2, 0.25) is 0 Å². The van der Waals surface area contributed by atoms with Crippen molar-refractivity contribution in [2.75, 3.05) is 25.1 Å². The molecule has 0 aliphatic carbocycles. The molecule has 0 bridgehead atoms. The monoisotopic (exact) mass is 282 g/mol. The Morgan fingerprint density at radius 2 is 2.25 bits per heavy atom. The molecule has 3 N–H and O–H groups in total. The maximum Gasteiger partial charge on any atom is 0.340 e. The summed E-state index contributed by atoms with van der Waals surface area (Å²) in [5.74, 6) is -2.06. The van der Waals surface area contributed by atoms with Crippen molar-refractivity contribution in [1.82, 2.24) is 5.32 Å². The van der Waals surface area contributed by atoms with E-state index < -0.39 is 23.4 Å². The fourth-order valence-electron chi connectivity index (χ4n) is 1.99. The second kappa shape index (κ2) is 6.33. The molecule has 7 heteroatoms. The second-order valence-electron chi connectivity index (χ2n) is 4.53. The number of hydrogen-bond acceptors (Lipinski definition) is 3. The van der Waals surface area contributed by atoms with E-state index in [-0.39, 0.29) is 11.6 Å². The molecule has 108 valence electrons. The number of carbonyl (C=O) groups excluding carboxylic acids is 1. The van der Waals surface area contributed by atoms with Crippen LogP contribution in [0.1, 0.15) is 16.8 Å². The Morgan fingerprint density at radius 3 is 2.90 bits per heavy atom. The lowest BCUT2D eigenvalue weighted by Gasteiger charge is -2.12. The van der Waals surface area contributed by atoms with Crippen LogP contribution < -0.4 is 10.6 Å².